The number of aromatic nitrogens is 2. The maximum atomic E-state index is 12.6. The van der Waals surface area contributed by atoms with Gasteiger partial charge in [0.1, 0.15) is 0 Å². The number of aromatic amines is 1. The van der Waals surface area contributed by atoms with Crippen LogP contribution in [0.3, 0.4) is 0 Å². The first-order valence-electron chi connectivity index (χ1n) is 12.0. The molecule has 0 spiro atoms. The Kier molecular flexibility index (Phi) is 10.7. The number of benzene rings is 1. The Bertz CT molecular complexity index is 954. The molecular formula is C25H34Cl2N4O2. The van der Waals surface area contributed by atoms with Gasteiger partial charge in [-0.1, -0.05) is 67.8 Å². The van der Waals surface area contributed by atoms with Crippen molar-refractivity contribution in [3.8, 4) is 0 Å². The predicted molar refractivity (Wildman–Crippen MR) is 136 cm³/mol. The molecule has 0 radical (unpaired) electrons. The average Bonchev–Trinajstić information content (AvgIpc) is 2.94. The van der Waals surface area contributed by atoms with Crippen LogP contribution in [0.5, 0.6) is 0 Å². The van der Waals surface area contributed by atoms with Gasteiger partial charge in [0.25, 0.3) is 5.56 Å². The topological polar surface area (TPSA) is 90.9 Å². The van der Waals surface area contributed by atoms with Gasteiger partial charge in [0, 0.05) is 24.9 Å². The first-order valence-corrected chi connectivity index (χ1v) is 12.8. The van der Waals surface area contributed by atoms with Crippen molar-refractivity contribution in [2.75, 3.05) is 11.9 Å². The molecule has 6 nitrogen and oxygen atoms in total. The highest BCUT2D eigenvalue weighted by molar-refractivity contribution is 6.42. The lowest BCUT2D eigenvalue weighted by molar-refractivity contribution is 0.0395. The second kappa shape index (κ2) is 13.7. The third-order valence-electron chi connectivity index (χ3n) is 6.11. The summed E-state index contributed by atoms with van der Waals surface area (Å²) in [4.78, 5) is 19.9. The highest BCUT2D eigenvalue weighted by Crippen LogP contribution is 2.23. The van der Waals surface area contributed by atoms with Crippen molar-refractivity contribution >= 4 is 35.4 Å². The number of hydrogen-bond acceptors (Lipinski definition) is 5. The van der Waals surface area contributed by atoms with Crippen LogP contribution >= 0.6 is 23.2 Å². The van der Waals surface area contributed by atoms with E-state index in [2.05, 4.69) is 15.3 Å². The molecular weight excluding hydrogens is 459 g/mol. The number of halogens is 2. The molecule has 0 aliphatic carbocycles. The zero-order chi connectivity index (χ0) is 23.5. The number of rotatable bonds is 10. The van der Waals surface area contributed by atoms with Gasteiger partial charge in [-0.15, -0.1) is 0 Å². The van der Waals surface area contributed by atoms with Gasteiger partial charge < -0.3 is 15.5 Å². The average molecular weight is 493 g/mol. The molecule has 1 aromatic carbocycles. The van der Waals surface area contributed by atoms with Crippen molar-refractivity contribution in [1.82, 2.24) is 9.97 Å². The van der Waals surface area contributed by atoms with E-state index in [-0.39, 0.29) is 5.56 Å². The van der Waals surface area contributed by atoms with Gasteiger partial charge >= 0.3 is 0 Å². The summed E-state index contributed by atoms with van der Waals surface area (Å²) >= 11 is 12.0. The number of nitrogens with one attached hydrogen (secondary N) is 3. The van der Waals surface area contributed by atoms with Crippen LogP contribution in [-0.4, -0.2) is 28.9 Å². The summed E-state index contributed by atoms with van der Waals surface area (Å²) in [6.07, 6.45) is 13.8. The molecule has 0 bridgehead atoms. The fourth-order valence-electron chi connectivity index (χ4n) is 4.21. The SMILES string of the molecule is N=Cc1nc(NCc2ccc(Cl)c(Cl)c2)[nH]c(=O)c1CCCCCC1CCCCCCCO1. The lowest BCUT2D eigenvalue weighted by atomic mass is 10.0. The Labute approximate surface area is 206 Å². The normalized spacial score (nSPS) is 17.1. The van der Waals surface area contributed by atoms with Crippen LogP contribution in [0, 0.1) is 5.41 Å². The molecule has 0 amide bonds. The fourth-order valence-corrected chi connectivity index (χ4v) is 4.53. The van der Waals surface area contributed by atoms with Gasteiger partial charge in [-0.05, 0) is 49.8 Å². The largest absolute Gasteiger partial charge is 0.378 e. The van der Waals surface area contributed by atoms with E-state index in [0.717, 1.165) is 50.5 Å². The van der Waals surface area contributed by atoms with Crippen molar-refractivity contribution in [3.05, 3.63) is 55.4 Å². The summed E-state index contributed by atoms with van der Waals surface area (Å²) in [5.74, 6) is 0.339. The fraction of sp³-hybridized carbons (Fsp3) is 0.560. The van der Waals surface area contributed by atoms with Gasteiger partial charge in [0.2, 0.25) is 5.95 Å². The summed E-state index contributed by atoms with van der Waals surface area (Å²) in [5, 5.41) is 11.8. The second-order valence-electron chi connectivity index (χ2n) is 8.67. The van der Waals surface area contributed by atoms with Crippen LogP contribution in [0.2, 0.25) is 10.0 Å². The van der Waals surface area contributed by atoms with Gasteiger partial charge in [-0.25, -0.2) is 4.98 Å². The summed E-state index contributed by atoms with van der Waals surface area (Å²) in [5.41, 5.74) is 1.70. The zero-order valence-corrected chi connectivity index (χ0v) is 20.6. The van der Waals surface area contributed by atoms with Crippen molar-refractivity contribution in [2.24, 2.45) is 0 Å². The molecule has 3 rings (SSSR count). The number of anilines is 1. The monoisotopic (exact) mass is 492 g/mol. The standard InChI is InChI=1S/C25H34Cl2N4O2/c26-21-13-12-18(15-22(21)27)17-29-25-30-23(16-28)20(24(32)31-25)11-7-4-6-10-19-9-5-2-1-3-8-14-33-19/h12-13,15-16,19,28H,1-11,14,17H2,(H2,29,30,31,32). The molecule has 3 N–H and O–H groups in total. The smallest absolute Gasteiger partial charge is 0.256 e. The number of hydrogen-bond donors (Lipinski definition) is 3. The van der Waals surface area contributed by atoms with Gasteiger partial charge in [-0.3, -0.25) is 9.78 Å². The Morgan fingerprint density at radius 2 is 1.94 bits per heavy atom. The molecule has 1 saturated heterocycles. The molecule has 2 aromatic rings. The maximum absolute atomic E-state index is 12.6. The van der Waals surface area contributed by atoms with Crippen molar-refractivity contribution in [2.45, 2.75) is 83.3 Å². The highest BCUT2D eigenvalue weighted by atomic mass is 35.5. The number of ether oxygens (including phenoxy) is 1. The van der Waals surface area contributed by atoms with Crippen molar-refractivity contribution in [3.63, 3.8) is 0 Å². The molecule has 8 heteroatoms. The highest BCUT2D eigenvalue weighted by Gasteiger charge is 2.13. The van der Waals surface area contributed by atoms with Crippen LogP contribution in [-0.2, 0) is 17.7 Å². The molecule has 33 heavy (non-hydrogen) atoms. The van der Waals surface area contributed by atoms with E-state index < -0.39 is 0 Å². The minimum atomic E-state index is -0.195. The number of unbranched alkanes of at least 4 members (excludes halogenated alkanes) is 2. The van der Waals surface area contributed by atoms with Crippen LogP contribution in [0.1, 0.15) is 81.0 Å². The van der Waals surface area contributed by atoms with E-state index in [1.54, 1.807) is 12.1 Å². The van der Waals surface area contributed by atoms with Gasteiger partial charge in [0.05, 0.1) is 21.8 Å². The maximum Gasteiger partial charge on any atom is 0.256 e. The second-order valence-corrected chi connectivity index (χ2v) is 9.49. The number of H-pyrrole nitrogens is 1. The van der Waals surface area contributed by atoms with Gasteiger partial charge in [0.15, 0.2) is 0 Å². The summed E-state index contributed by atoms with van der Waals surface area (Å²) in [7, 11) is 0. The zero-order valence-electron chi connectivity index (χ0n) is 19.1. The molecule has 1 atom stereocenters. The third-order valence-corrected chi connectivity index (χ3v) is 6.84. The first-order chi connectivity index (χ1) is 16.1. The van der Waals surface area contributed by atoms with E-state index in [9.17, 15) is 4.79 Å². The summed E-state index contributed by atoms with van der Waals surface area (Å²) < 4.78 is 6.05. The lowest BCUT2D eigenvalue weighted by Gasteiger charge is -2.16. The predicted octanol–water partition coefficient (Wildman–Crippen LogP) is 6.53. The summed E-state index contributed by atoms with van der Waals surface area (Å²) in [6, 6.07) is 5.35. The van der Waals surface area contributed by atoms with Crippen LogP contribution < -0.4 is 10.9 Å². The van der Waals surface area contributed by atoms with Crippen LogP contribution in [0.25, 0.3) is 0 Å². The van der Waals surface area contributed by atoms with Gasteiger partial charge in [-0.2, -0.15) is 0 Å². The van der Waals surface area contributed by atoms with Crippen molar-refractivity contribution < 1.29 is 4.74 Å². The minimum absolute atomic E-state index is 0.195. The molecule has 1 aromatic heterocycles. The third kappa shape index (κ3) is 8.43. The van der Waals surface area contributed by atoms with E-state index >= 15 is 0 Å². The molecule has 1 fully saturated rings. The van der Waals surface area contributed by atoms with Crippen LogP contribution in [0.15, 0.2) is 23.0 Å². The Hall–Kier alpha value is -1.89. The minimum Gasteiger partial charge on any atom is -0.378 e. The number of nitrogens with zero attached hydrogens (tertiary/aromatic N) is 1. The molecule has 1 aliphatic rings. The Morgan fingerprint density at radius 1 is 1.12 bits per heavy atom. The molecule has 1 unspecified atom stereocenters. The first kappa shape index (κ1) is 25.7. The summed E-state index contributed by atoms with van der Waals surface area (Å²) in [6.45, 7) is 1.32. The molecule has 0 saturated carbocycles. The van der Waals surface area contributed by atoms with E-state index in [1.807, 2.05) is 6.07 Å². The quantitative estimate of drug-likeness (QED) is 0.259. The van der Waals surface area contributed by atoms with E-state index in [4.69, 9.17) is 33.3 Å². The molecule has 180 valence electrons. The lowest BCUT2D eigenvalue weighted by Crippen LogP contribution is -2.20. The Balaban J connectivity index is 1.48. The molecule has 2 heterocycles. The van der Waals surface area contributed by atoms with Crippen LogP contribution in [0.4, 0.5) is 5.95 Å². The van der Waals surface area contributed by atoms with Crippen molar-refractivity contribution in [1.29, 1.82) is 5.41 Å². The molecule has 1 aliphatic heterocycles. The Morgan fingerprint density at radius 3 is 2.76 bits per heavy atom. The van der Waals surface area contributed by atoms with E-state index in [0.29, 0.717) is 46.3 Å². The van der Waals surface area contributed by atoms with E-state index in [1.165, 1.54) is 32.1 Å².